The Balaban J connectivity index is 1.53. The molecule has 2 N–H and O–H groups in total. The summed E-state index contributed by atoms with van der Waals surface area (Å²) in [5.74, 6) is -1.26. The molecule has 0 aromatic heterocycles. The molecular formula is C31H47NO8. The summed E-state index contributed by atoms with van der Waals surface area (Å²) in [5.41, 5.74) is 0.384. The number of amides is 1. The molecule has 0 aromatic rings. The highest BCUT2D eigenvalue weighted by molar-refractivity contribution is 5.87. The normalized spacial score (nSPS) is 37.3. The van der Waals surface area contributed by atoms with E-state index in [0.29, 0.717) is 19.6 Å². The molecule has 3 aliphatic heterocycles. The van der Waals surface area contributed by atoms with Gasteiger partial charge in [-0.25, -0.2) is 0 Å². The zero-order valence-electron chi connectivity index (χ0n) is 24.8. The number of aliphatic hydroxyl groups excluding tert-OH is 1. The van der Waals surface area contributed by atoms with Crippen molar-refractivity contribution in [1.82, 2.24) is 5.32 Å². The summed E-state index contributed by atoms with van der Waals surface area (Å²) in [6, 6.07) is -0.110. The maximum atomic E-state index is 12.4. The van der Waals surface area contributed by atoms with E-state index in [1.165, 1.54) is 13.0 Å². The summed E-state index contributed by atoms with van der Waals surface area (Å²) >= 11 is 0. The number of carbonyl (C=O) groups is 2. The van der Waals surface area contributed by atoms with Crippen LogP contribution in [0.15, 0.2) is 48.6 Å². The molecule has 224 valence electrons. The number of hydrogen-bond donors (Lipinski definition) is 2. The minimum atomic E-state index is -0.871. The molecule has 9 atom stereocenters. The van der Waals surface area contributed by atoms with Crippen molar-refractivity contribution >= 4 is 11.9 Å². The van der Waals surface area contributed by atoms with E-state index in [-0.39, 0.29) is 36.0 Å². The summed E-state index contributed by atoms with van der Waals surface area (Å²) in [4.78, 5) is 23.4. The van der Waals surface area contributed by atoms with E-state index >= 15 is 0 Å². The van der Waals surface area contributed by atoms with Gasteiger partial charge in [-0.05, 0) is 52.5 Å². The van der Waals surface area contributed by atoms with Crippen LogP contribution in [0.2, 0.25) is 0 Å². The van der Waals surface area contributed by atoms with Crippen LogP contribution < -0.4 is 5.32 Å². The molecule has 3 fully saturated rings. The van der Waals surface area contributed by atoms with E-state index in [1.54, 1.807) is 19.1 Å². The Kier molecular flexibility index (Phi) is 11.3. The van der Waals surface area contributed by atoms with Crippen LogP contribution in [0.1, 0.15) is 67.2 Å². The Morgan fingerprint density at radius 1 is 1.25 bits per heavy atom. The van der Waals surface area contributed by atoms with Gasteiger partial charge in [0, 0.05) is 25.8 Å². The molecule has 40 heavy (non-hydrogen) atoms. The zero-order chi connectivity index (χ0) is 29.5. The molecule has 3 rings (SSSR count). The Bertz CT molecular complexity index is 986. The van der Waals surface area contributed by atoms with Crippen molar-refractivity contribution in [3.05, 3.63) is 48.6 Å². The van der Waals surface area contributed by atoms with Crippen LogP contribution >= 0.6 is 0 Å². The largest absolute Gasteiger partial charge is 0.459 e. The number of ether oxygens (including phenoxy) is 5. The number of aliphatic hydroxyl groups is 1. The van der Waals surface area contributed by atoms with E-state index in [1.807, 2.05) is 32.9 Å². The van der Waals surface area contributed by atoms with E-state index in [2.05, 4.69) is 24.9 Å². The van der Waals surface area contributed by atoms with Gasteiger partial charge in [-0.2, -0.15) is 0 Å². The standard InChI is InChI=1S/C31H47NO8/c1-8-16-36-30(7)19-31(15-17-37-31)29(35)27(40-30)13-10-20(2)9-12-26-21(3)18-25(23(5)39-26)32-28(34)14-11-22(4)38-24(6)33/h8-11,13-14,21-23,25-27,29,35H,1,12,15-19H2,2-7H3,(H,32,34)/b13-10+,14-11-,20-9+/t21-,22-,23+,25+,26-,27+,29+,30-,31-/m0/s1. The molecule has 0 saturated carbocycles. The minimum Gasteiger partial charge on any atom is -0.459 e. The van der Waals surface area contributed by atoms with Gasteiger partial charge < -0.3 is 34.1 Å². The molecule has 0 aromatic carbocycles. The molecule has 3 saturated heterocycles. The second-order valence-electron chi connectivity index (χ2n) is 11.5. The number of allylic oxidation sites excluding steroid dienone is 2. The Morgan fingerprint density at radius 2 is 1.98 bits per heavy atom. The molecule has 1 spiro atoms. The predicted octanol–water partition coefficient (Wildman–Crippen LogP) is 3.91. The molecule has 1 amide bonds. The lowest BCUT2D eigenvalue weighted by molar-refractivity contribution is -0.353. The first-order valence-corrected chi connectivity index (χ1v) is 14.3. The molecule has 0 aliphatic carbocycles. The highest BCUT2D eigenvalue weighted by Gasteiger charge is 2.57. The van der Waals surface area contributed by atoms with Gasteiger partial charge in [-0.3, -0.25) is 9.59 Å². The van der Waals surface area contributed by atoms with Crippen molar-refractivity contribution in [2.75, 3.05) is 13.2 Å². The van der Waals surface area contributed by atoms with Crippen molar-refractivity contribution in [2.45, 2.75) is 115 Å². The van der Waals surface area contributed by atoms with Crippen LogP contribution in [-0.2, 0) is 33.3 Å². The van der Waals surface area contributed by atoms with Gasteiger partial charge in [0.1, 0.15) is 23.9 Å². The molecule has 3 heterocycles. The number of rotatable bonds is 11. The van der Waals surface area contributed by atoms with Gasteiger partial charge >= 0.3 is 5.97 Å². The van der Waals surface area contributed by atoms with Crippen LogP contribution in [0, 0.1) is 5.92 Å². The Labute approximate surface area is 238 Å². The summed E-state index contributed by atoms with van der Waals surface area (Å²) in [6.07, 6.45) is 11.4. The highest BCUT2D eigenvalue weighted by Crippen LogP contribution is 2.46. The van der Waals surface area contributed by atoms with Crippen molar-refractivity contribution in [1.29, 1.82) is 0 Å². The summed E-state index contributed by atoms with van der Waals surface area (Å²) in [6.45, 7) is 15.7. The molecule has 0 bridgehead atoms. The smallest absolute Gasteiger partial charge is 0.303 e. The quantitative estimate of drug-likeness (QED) is 0.169. The van der Waals surface area contributed by atoms with Gasteiger partial charge in [-0.1, -0.05) is 36.8 Å². The average Bonchev–Trinajstić information content (AvgIpc) is 2.86. The van der Waals surface area contributed by atoms with Gasteiger partial charge in [0.15, 0.2) is 5.79 Å². The lowest BCUT2D eigenvalue weighted by Gasteiger charge is -2.55. The van der Waals surface area contributed by atoms with Crippen LogP contribution in [0.4, 0.5) is 0 Å². The van der Waals surface area contributed by atoms with Crippen molar-refractivity contribution in [2.24, 2.45) is 5.92 Å². The zero-order valence-corrected chi connectivity index (χ0v) is 24.8. The first-order valence-electron chi connectivity index (χ1n) is 14.3. The number of hydrogen-bond acceptors (Lipinski definition) is 8. The molecule has 9 heteroatoms. The SMILES string of the molecule is C=CCO[C@]1(C)C[C@@]2(CCO2)[C@H](O)[C@@H](/C=C/C(C)=C/C[C@@H]2O[C@H](C)[C@H](NC(=O)/C=C\[C@H](C)OC(C)=O)C[C@@H]2C)O1. The lowest BCUT2D eigenvalue weighted by Crippen LogP contribution is -2.66. The van der Waals surface area contributed by atoms with Crippen LogP contribution in [-0.4, -0.2) is 78.1 Å². The molecular weight excluding hydrogens is 514 g/mol. The topological polar surface area (TPSA) is 113 Å². The predicted molar refractivity (Wildman–Crippen MR) is 151 cm³/mol. The first-order chi connectivity index (χ1) is 18.9. The van der Waals surface area contributed by atoms with E-state index in [0.717, 1.165) is 24.8 Å². The summed E-state index contributed by atoms with van der Waals surface area (Å²) in [7, 11) is 0. The van der Waals surface area contributed by atoms with Gasteiger partial charge in [0.25, 0.3) is 0 Å². The van der Waals surface area contributed by atoms with Crippen LogP contribution in [0.25, 0.3) is 0 Å². The highest BCUT2D eigenvalue weighted by atomic mass is 16.7. The van der Waals surface area contributed by atoms with Crippen molar-refractivity contribution in [3.63, 3.8) is 0 Å². The van der Waals surface area contributed by atoms with Gasteiger partial charge in [-0.15, -0.1) is 6.58 Å². The van der Waals surface area contributed by atoms with Gasteiger partial charge in [0.05, 0.1) is 31.5 Å². The second kappa shape index (κ2) is 14.0. The Morgan fingerprint density at radius 3 is 2.60 bits per heavy atom. The Hall–Kier alpha value is -2.30. The second-order valence-corrected chi connectivity index (χ2v) is 11.5. The molecule has 3 aliphatic rings. The number of esters is 1. The third-order valence-electron chi connectivity index (χ3n) is 7.91. The first kappa shape index (κ1) is 32.2. The molecule has 0 unspecified atom stereocenters. The van der Waals surface area contributed by atoms with Gasteiger partial charge in [0.2, 0.25) is 5.91 Å². The van der Waals surface area contributed by atoms with E-state index in [4.69, 9.17) is 23.7 Å². The third kappa shape index (κ3) is 8.60. The minimum absolute atomic E-state index is 0.0183. The fourth-order valence-corrected chi connectivity index (χ4v) is 5.63. The van der Waals surface area contributed by atoms with Crippen molar-refractivity contribution in [3.8, 4) is 0 Å². The van der Waals surface area contributed by atoms with Crippen molar-refractivity contribution < 1.29 is 38.4 Å². The third-order valence-corrected chi connectivity index (χ3v) is 7.91. The monoisotopic (exact) mass is 561 g/mol. The van der Waals surface area contributed by atoms with Crippen LogP contribution in [0.3, 0.4) is 0 Å². The fourth-order valence-electron chi connectivity index (χ4n) is 5.63. The fraction of sp³-hybridized carbons (Fsp3) is 0.677. The number of nitrogens with one attached hydrogen (secondary N) is 1. The maximum absolute atomic E-state index is 12.4. The van der Waals surface area contributed by atoms with Crippen LogP contribution in [0.5, 0.6) is 0 Å². The summed E-state index contributed by atoms with van der Waals surface area (Å²) in [5, 5.41) is 14.0. The molecule has 9 nitrogen and oxygen atoms in total. The average molecular weight is 562 g/mol. The van der Waals surface area contributed by atoms with E-state index in [9.17, 15) is 14.7 Å². The maximum Gasteiger partial charge on any atom is 0.303 e. The molecule has 0 radical (unpaired) electrons. The van der Waals surface area contributed by atoms with E-state index < -0.39 is 29.7 Å². The number of carbonyl (C=O) groups excluding carboxylic acids is 2. The summed E-state index contributed by atoms with van der Waals surface area (Å²) < 4.78 is 29.2. The lowest BCUT2D eigenvalue weighted by atomic mass is 9.77.